The Bertz CT molecular complexity index is 245. The first-order valence-corrected chi connectivity index (χ1v) is 6.14. The summed E-state index contributed by atoms with van der Waals surface area (Å²) in [5, 5.41) is 11.8. The highest BCUT2D eigenvalue weighted by Crippen LogP contribution is 2.31. The van der Waals surface area contributed by atoms with Gasteiger partial charge in [0.05, 0.1) is 5.92 Å². The molecule has 1 aliphatic rings. The number of hydrogen-bond donors (Lipinski definition) is 2. The van der Waals surface area contributed by atoms with Crippen LogP contribution in [0.5, 0.6) is 0 Å². The van der Waals surface area contributed by atoms with Crippen molar-refractivity contribution in [1.82, 2.24) is 5.32 Å². The first kappa shape index (κ1) is 13.0. The fourth-order valence-corrected chi connectivity index (χ4v) is 2.46. The summed E-state index contributed by atoms with van der Waals surface area (Å²) in [5.74, 6) is -1.26. The molecule has 16 heavy (non-hydrogen) atoms. The SMILES string of the molecule is CCNC(=O)CC(C(=O)O)C1CCCCC1. The van der Waals surface area contributed by atoms with Gasteiger partial charge in [0.2, 0.25) is 5.91 Å². The van der Waals surface area contributed by atoms with E-state index >= 15 is 0 Å². The lowest BCUT2D eigenvalue weighted by Crippen LogP contribution is -2.32. The lowest BCUT2D eigenvalue weighted by atomic mass is 9.78. The Hall–Kier alpha value is -1.06. The van der Waals surface area contributed by atoms with Gasteiger partial charge in [-0.15, -0.1) is 0 Å². The smallest absolute Gasteiger partial charge is 0.307 e. The van der Waals surface area contributed by atoms with Crippen LogP contribution in [0, 0.1) is 11.8 Å². The van der Waals surface area contributed by atoms with E-state index in [9.17, 15) is 9.59 Å². The van der Waals surface area contributed by atoms with Crippen LogP contribution < -0.4 is 5.32 Å². The van der Waals surface area contributed by atoms with E-state index in [1.54, 1.807) is 0 Å². The third kappa shape index (κ3) is 3.83. The van der Waals surface area contributed by atoms with Gasteiger partial charge in [0.25, 0.3) is 0 Å². The Morgan fingerprint density at radius 1 is 1.31 bits per heavy atom. The van der Waals surface area contributed by atoms with E-state index in [2.05, 4.69) is 5.32 Å². The summed E-state index contributed by atoms with van der Waals surface area (Å²) in [6.07, 6.45) is 5.44. The van der Waals surface area contributed by atoms with Crippen molar-refractivity contribution in [2.24, 2.45) is 11.8 Å². The normalized spacial score (nSPS) is 19.1. The van der Waals surface area contributed by atoms with Gasteiger partial charge in [-0.05, 0) is 25.7 Å². The molecule has 0 spiro atoms. The predicted molar refractivity (Wildman–Crippen MR) is 61.0 cm³/mol. The van der Waals surface area contributed by atoms with E-state index in [0.717, 1.165) is 25.7 Å². The van der Waals surface area contributed by atoms with Gasteiger partial charge in [-0.1, -0.05) is 19.3 Å². The van der Waals surface area contributed by atoms with Crippen molar-refractivity contribution in [3.05, 3.63) is 0 Å². The van der Waals surface area contributed by atoms with Gasteiger partial charge in [0.15, 0.2) is 0 Å². The molecule has 1 saturated carbocycles. The van der Waals surface area contributed by atoms with Crippen LogP contribution in [-0.4, -0.2) is 23.5 Å². The van der Waals surface area contributed by atoms with E-state index in [1.165, 1.54) is 6.42 Å². The third-order valence-corrected chi connectivity index (χ3v) is 3.32. The van der Waals surface area contributed by atoms with Gasteiger partial charge in [0, 0.05) is 13.0 Å². The average molecular weight is 227 g/mol. The molecular formula is C12H21NO3. The van der Waals surface area contributed by atoms with Gasteiger partial charge in [-0.3, -0.25) is 9.59 Å². The predicted octanol–water partition coefficient (Wildman–Crippen LogP) is 1.79. The number of amides is 1. The second kappa shape index (κ2) is 6.51. The van der Waals surface area contributed by atoms with Crippen LogP contribution in [0.4, 0.5) is 0 Å². The highest BCUT2D eigenvalue weighted by Gasteiger charge is 2.30. The molecule has 0 saturated heterocycles. The van der Waals surface area contributed by atoms with Crippen LogP contribution in [0.25, 0.3) is 0 Å². The largest absolute Gasteiger partial charge is 0.481 e. The Morgan fingerprint density at radius 3 is 2.44 bits per heavy atom. The Labute approximate surface area is 96.4 Å². The standard InChI is InChI=1S/C12H21NO3/c1-2-13-11(14)8-10(12(15)16)9-6-4-3-5-7-9/h9-10H,2-8H2,1H3,(H,13,14)(H,15,16). The van der Waals surface area contributed by atoms with Crippen molar-refractivity contribution >= 4 is 11.9 Å². The second-order valence-corrected chi connectivity index (χ2v) is 4.50. The molecule has 1 fully saturated rings. The first-order valence-electron chi connectivity index (χ1n) is 6.14. The molecule has 0 heterocycles. The lowest BCUT2D eigenvalue weighted by Gasteiger charge is -2.27. The molecule has 1 atom stereocenters. The monoisotopic (exact) mass is 227 g/mol. The van der Waals surface area contributed by atoms with Crippen LogP contribution in [-0.2, 0) is 9.59 Å². The third-order valence-electron chi connectivity index (χ3n) is 3.32. The van der Waals surface area contributed by atoms with E-state index in [-0.39, 0.29) is 18.2 Å². The van der Waals surface area contributed by atoms with E-state index in [1.807, 2.05) is 6.92 Å². The molecule has 2 N–H and O–H groups in total. The van der Waals surface area contributed by atoms with Crippen LogP contribution in [0.2, 0.25) is 0 Å². The zero-order valence-corrected chi connectivity index (χ0v) is 9.87. The number of carboxylic acids is 1. The van der Waals surface area contributed by atoms with Crippen LogP contribution in [0.3, 0.4) is 0 Å². The fraction of sp³-hybridized carbons (Fsp3) is 0.833. The number of aliphatic carboxylic acids is 1. The summed E-state index contributed by atoms with van der Waals surface area (Å²) in [4.78, 5) is 22.6. The quantitative estimate of drug-likeness (QED) is 0.752. The molecule has 0 radical (unpaired) electrons. The first-order chi connectivity index (χ1) is 7.65. The minimum absolute atomic E-state index is 0.133. The van der Waals surface area contributed by atoms with Crippen molar-refractivity contribution in [3.8, 4) is 0 Å². The summed E-state index contributed by atoms with van der Waals surface area (Å²) >= 11 is 0. The van der Waals surface area contributed by atoms with Gasteiger partial charge in [-0.25, -0.2) is 0 Å². The van der Waals surface area contributed by atoms with Gasteiger partial charge >= 0.3 is 5.97 Å². The number of carbonyl (C=O) groups excluding carboxylic acids is 1. The molecule has 92 valence electrons. The van der Waals surface area contributed by atoms with Crippen molar-refractivity contribution in [2.75, 3.05) is 6.54 Å². The average Bonchev–Trinajstić information content (AvgIpc) is 2.27. The van der Waals surface area contributed by atoms with E-state index in [4.69, 9.17) is 5.11 Å². The number of carbonyl (C=O) groups is 2. The second-order valence-electron chi connectivity index (χ2n) is 4.50. The molecule has 0 aliphatic heterocycles. The fourth-order valence-electron chi connectivity index (χ4n) is 2.46. The molecule has 0 bridgehead atoms. The number of hydrogen-bond acceptors (Lipinski definition) is 2. The summed E-state index contributed by atoms with van der Waals surface area (Å²) < 4.78 is 0. The summed E-state index contributed by atoms with van der Waals surface area (Å²) in [5.41, 5.74) is 0. The van der Waals surface area contributed by atoms with Crippen LogP contribution >= 0.6 is 0 Å². The molecule has 1 rings (SSSR count). The number of rotatable bonds is 5. The maximum absolute atomic E-state index is 11.4. The van der Waals surface area contributed by atoms with Gasteiger partial charge in [0.1, 0.15) is 0 Å². The maximum Gasteiger partial charge on any atom is 0.307 e. The molecule has 0 aromatic heterocycles. The summed E-state index contributed by atoms with van der Waals surface area (Å²) in [6, 6.07) is 0. The minimum Gasteiger partial charge on any atom is -0.481 e. The molecule has 1 amide bonds. The molecule has 0 aromatic rings. The summed E-state index contributed by atoms with van der Waals surface area (Å²) in [6.45, 7) is 2.41. The molecule has 1 aliphatic carbocycles. The molecule has 1 unspecified atom stereocenters. The van der Waals surface area contributed by atoms with Crippen molar-refractivity contribution in [1.29, 1.82) is 0 Å². The zero-order valence-electron chi connectivity index (χ0n) is 9.87. The Kier molecular flexibility index (Phi) is 5.29. The number of nitrogens with one attached hydrogen (secondary N) is 1. The Morgan fingerprint density at radius 2 is 1.94 bits per heavy atom. The van der Waals surface area contributed by atoms with E-state index < -0.39 is 11.9 Å². The molecule has 4 heteroatoms. The minimum atomic E-state index is -0.821. The van der Waals surface area contributed by atoms with E-state index in [0.29, 0.717) is 6.54 Å². The molecule has 4 nitrogen and oxygen atoms in total. The summed E-state index contributed by atoms with van der Waals surface area (Å²) in [7, 11) is 0. The lowest BCUT2D eigenvalue weighted by molar-refractivity contribution is -0.146. The topological polar surface area (TPSA) is 66.4 Å². The Balaban J connectivity index is 2.52. The van der Waals surface area contributed by atoms with Crippen LogP contribution in [0.1, 0.15) is 45.4 Å². The van der Waals surface area contributed by atoms with Crippen LogP contribution in [0.15, 0.2) is 0 Å². The van der Waals surface area contributed by atoms with Gasteiger partial charge in [-0.2, -0.15) is 0 Å². The van der Waals surface area contributed by atoms with Crippen molar-refractivity contribution in [3.63, 3.8) is 0 Å². The van der Waals surface area contributed by atoms with Gasteiger partial charge < -0.3 is 10.4 Å². The molecular weight excluding hydrogens is 206 g/mol. The highest BCUT2D eigenvalue weighted by atomic mass is 16.4. The molecule has 0 aromatic carbocycles. The highest BCUT2D eigenvalue weighted by molar-refractivity contribution is 5.82. The number of carboxylic acid groups (broad SMARTS) is 1. The zero-order chi connectivity index (χ0) is 12.0. The maximum atomic E-state index is 11.4. The van der Waals surface area contributed by atoms with Crippen molar-refractivity contribution in [2.45, 2.75) is 45.4 Å². The van der Waals surface area contributed by atoms with Crippen molar-refractivity contribution < 1.29 is 14.7 Å².